The Morgan fingerprint density at radius 3 is 2.44 bits per heavy atom. The van der Waals surface area contributed by atoms with Gasteiger partial charge in [0.1, 0.15) is 0 Å². The maximum Gasteiger partial charge on any atom is 0.307 e. The van der Waals surface area contributed by atoms with Gasteiger partial charge in [0.25, 0.3) is 5.91 Å². The Kier molecular flexibility index (Phi) is 7.54. The minimum absolute atomic E-state index is 0.263. The van der Waals surface area contributed by atoms with Crippen LogP contribution in [-0.4, -0.2) is 24.2 Å². The van der Waals surface area contributed by atoms with E-state index in [0.717, 1.165) is 16.1 Å². The Balaban J connectivity index is 1.72. The smallest absolute Gasteiger partial charge is 0.307 e. The molecule has 0 aromatic heterocycles. The van der Waals surface area contributed by atoms with Crippen LogP contribution in [0.15, 0.2) is 59.5 Å². The van der Waals surface area contributed by atoms with Crippen molar-refractivity contribution in [3.05, 3.63) is 60.2 Å². The highest BCUT2D eigenvalue weighted by Gasteiger charge is 2.11. The molecule has 0 saturated carbocycles. The predicted molar refractivity (Wildman–Crippen MR) is 102 cm³/mol. The Morgan fingerprint density at radius 1 is 1.04 bits per heavy atom. The first-order chi connectivity index (χ1) is 12.1. The quantitative estimate of drug-likeness (QED) is 0.559. The molecule has 2 aromatic carbocycles. The largest absolute Gasteiger partial charge is 0.456 e. The lowest BCUT2D eigenvalue weighted by molar-refractivity contribution is -0.146. The van der Waals surface area contributed by atoms with Gasteiger partial charge in [0.15, 0.2) is 6.61 Å². The van der Waals surface area contributed by atoms with Crippen LogP contribution < -0.4 is 5.32 Å². The number of anilines is 1. The number of thioether (sulfide) groups is 1. The minimum Gasteiger partial charge on any atom is -0.456 e. The maximum absolute atomic E-state index is 12.0. The average Bonchev–Trinajstić information content (AvgIpc) is 2.61. The summed E-state index contributed by atoms with van der Waals surface area (Å²) in [6.07, 6.45) is 0.273. The van der Waals surface area contributed by atoms with Crippen LogP contribution in [0, 0.1) is 0 Å². The van der Waals surface area contributed by atoms with Crippen LogP contribution in [0.4, 0.5) is 5.69 Å². The van der Waals surface area contributed by atoms with Gasteiger partial charge in [0.2, 0.25) is 0 Å². The van der Waals surface area contributed by atoms with Gasteiger partial charge in [-0.3, -0.25) is 9.59 Å². The van der Waals surface area contributed by atoms with Gasteiger partial charge in [0, 0.05) is 16.3 Å². The highest BCUT2D eigenvalue weighted by Crippen LogP contribution is 2.23. The van der Waals surface area contributed by atoms with E-state index in [1.165, 1.54) is 0 Å². The molecule has 5 heteroatoms. The molecule has 4 nitrogen and oxygen atoms in total. The van der Waals surface area contributed by atoms with Gasteiger partial charge in [-0.05, 0) is 29.7 Å². The van der Waals surface area contributed by atoms with Crippen molar-refractivity contribution in [3.8, 4) is 0 Å². The first kappa shape index (κ1) is 19.1. The van der Waals surface area contributed by atoms with E-state index in [1.807, 2.05) is 54.6 Å². The SMILES string of the molecule is CC(C)c1ccccc1NC(=O)COC(=O)CCSc1ccccc1. The molecule has 0 fully saturated rings. The van der Waals surface area contributed by atoms with Crippen molar-refractivity contribution >= 4 is 29.3 Å². The third kappa shape index (κ3) is 6.63. The number of carbonyl (C=O) groups excluding carboxylic acids is 2. The second-order valence-corrected chi connectivity index (χ2v) is 7.03. The molecule has 0 aliphatic carbocycles. The van der Waals surface area contributed by atoms with Crippen LogP contribution in [0.3, 0.4) is 0 Å². The zero-order valence-corrected chi connectivity index (χ0v) is 15.3. The van der Waals surface area contributed by atoms with Gasteiger partial charge >= 0.3 is 5.97 Å². The molecule has 0 bridgehead atoms. The summed E-state index contributed by atoms with van der Waals surface area (Å²) in [6.45, 7) is 3.87. The Hall–Kier alpha value is -2.27. The first-order valence-electron chi connectivity index (χ1n) is 8.28. The fourth-order valence-electron chi connectivity index (χ4n) is 2.29. The maximum atomic E-state index is 12.0. The van der Waals surface area contributed by atoms with Gasteiger partial charge in [-0.15, -0.1) is 11.8 Å². The molecule has 0 unspecified atom stereocenters. The first-order valence-corrected chi connectivity index (χ1v) is 9.27. The zero-order valence-electron chi connectivity index (χ0n) is 14.5. The highest BCUT2D eigenvalue weighted by atomic mass is 32.2. The standard InChI is InChI=1S/C20H23NO3S/c1-15(2)17-10-6-7-11-18(17)21-19(22)14-24-20(23)12-13-25-16-8-4-3-5-9-16/h3-11,15H,12-14H2,1-2H3,(H,21,22). The van der Waals surface area contributed by atoms with Crippen molar-refractivity contribution in [1.82, 2.24) is 0 Å². The van der Waals surface area contributed by atoms with E-state index in [9.17, 15) is 9.59 Å². The van der Waals surface area contributed by atoms with E-state index in [1.54, 1.807) is 11.8 Å². The lowest BCUT2D eigenvalue weighted by Gasteiger charge is -2.13. The number of rotatable bonds is 8. The zero-order chi connectivity index (χ0) is 18.1. The molecule has 1 amide bonds. The van der Waals surface area contributed by atoms with Crippen molar-refractivity contribution in [2.24, 2.45) is 0 Å². The van der Waals surface area contributed by atoms with E-state index in [-0.39, 0.29) is 24.9 Å². The Labute approximate surface area is 153 Å². The Bertz CT molecular complexity index is 701. The van der Waals surface area contributed by atoms with Crippen LogP contribution in [0.1, 0.15) is 31.7 Å². The fraction of sp³-hybridized carbons (Fsp3) is 0.300. The van der Waals surface area contributed by atoms with Crippen LogP contribution in [-0.2, 0) is 14.3 Å². The molecular formula is C20H23NO3S. The number of ether oxygens (including phenoxy) is 1. The van der Waals surface area contributed by atoms with E-state index >= 15 is 0 Å². The van der Waals surface area contributed by atoms with E-state index in [4.69, 9.17) is 4.74 Å². The summed E-state index contributed by atoms with van der Waals surface area (Å²) in [6, 6.07) is 17.5. The summed E-state index contributed by atoms with van der Waals surface area (Å²) in [5.74, 6) is 0.239. The molecule has 0 aliphatic rings. The number of nitrogens with one attached hydrogen (secondary N) is 1. The summed E-state index contributed by atoms with van der Waals surface area (Å²) in [5, 5.41) is 2.81. The number of hydrogen-bond acceptors (Lipinski definition) is 4. The summed E-state index contributed by atoms with van der Waals surface area (Å²) in [5.41, 5.74) is 1.82. The number of para-hydroxylation sites is 1. The minimum atomic E-state index is -0.365. The van der Waals surface area contributed by atoms with Crippen LogP contribution in [0.2, 0.25) is 0 Å². The van der Waals surface area contributed by atoms with Crippen LogP contribution in [0.25, 0.3) is 0 Å². The van der Waals surface area contributed by atoms with Gasteiger partial charge < -0.3 is 10.1 Å². The molecule has 0 aliphatic heterocycles. The molecule has 0 atom stereocenters. The molecule has 25 heavy (non-hydrogen) atoms. The molecule has 0 radical (unpaired) electrons. The van der Waals surface area contributed by atoms with Crippen molar-refractivity contribution in [3.63, 3.8) is 0 Å². The summed E-state index contributed by atoms with van der Waals surface area (Å²) in [7, 11) is 0. The molecule has 132 valence electrons. The van der Waals surface area contributed by atoms with Crippen LogP contribution >= 0.6 is 11.8 Å². The topological polar surface area (TPSA) is 55.4 Å². The van der Waals surface area contributed by atoms with Crippen molar-refractivity contribution in [2.45, 2.75) is 31.1 Å². The van der Waals surface area contributed by atoms with Gasteiger partial charge in [-0.25, -0.2) is 0 Å². The monoisotopic (exact) mass is 357 g/mol. The normalized spacial score (nSPS) is 10.5. The lowest BCUT2D eigenvalue weighted by Crippen LogP contribution is -2.21. The molecule has 0 heterocycles. The van der Waals surface area contributed by atoms with Gasteiger partial charge in [-0.1, -0.05) is 50.2 Å². The van der Waals surface area contributed by atoms with Gasteiger partial charge in [-0.2, -0.15) is 0 Å². The molecular weight excluding hydrogens is 334 g/mol. The number of hydrogen-bond donors (Lipinski definition) is 1. The second kappa shape index (κ2) is 9.89. The number of benzene rings is 2. The molecule has 0 saturated heterocycles. The highest BCUT2D eigenvalue weighted by molar-refractivity contribution is 7.99. The summed E-state index contributed by atoms with van der Waals surface area (Å²) >= 11 is 1.59. The Morgan fingerprint density at radius 2 is 1.72 bits per heavy atom. The molecule has 2 aromatic rings. The van der Waals surface area contributed by atoms with Crippen molar-refractivity contribution < 1.29 is 14.3 Å². The van der Waals surface area contributed by atoms with Crippen molar-refractivity contribution in [1.29, 1.82) is 0 Å². The summed E-state index contributed by atoms with van der Waals surface area (Å²) in [4.78, 5) is 24.9. The third-order valence-electron chi connectivity index (χ3n) is 3.54. The second-order valence-electron chi connectivity index (χ2n) is 5.86. The van der Waals surface area contributed by atoms with Crippen molar-refractivity contribution in [2.75, 3.05) is 17.7 Å². The third-order valence-corrected chi connectivity index (χ3v) is 4.55. The fourth-order valence-corrected chi connectivity index (χ4v) is 3.14. The number of carbonyl (C=O) groups is 2. The number of amides is 1. The van der Waals surface area contributed by atoms with Crippen LogP contribution in [0.5, 0.6) is 0 Å². The van der Waals surface area contributed by atoms with E-state index in [0.29, 0.717) is 11.7 Å². The van der Waals surface area contributed by atoms with E-state index in [2.05, 4.69) is 19.2 Å². The van der Waals surface area contributed by atoms with E-state index < -0.39 is 0 Å². The molecule has 2 rings (SSSR count). The summed E-state index contributed by atoms with van der Waals surface area (Å²) < 4.78 is 5.05. The average molecular weight is 357 g/mol. The molecule has 1 N–H and O–H groups in total. The number of esters is 1. The van der Waals surface area contributed by atoms with Gasteiger partial charge in [0.05, 0.1) is 6.42 Å². The molecule has 0 spiro atoms. The lowest BCUT2D eigenvalue weighted by atomic mass is 10.0. The predicted octanol–water partition coefficient (Wildman–Crippen LogP) is 4.47.